The molecule has 0 unspecified atom stereocenters. The first-order chi connectivity index (χ1) is 7.17. The van der Waals surface area contributed by atoms with Gasteiger partial charge in [-0.25, -0.2) is 0 Å². The Labute approximate surface area is 87.3 Å². The van der Waals surface area contributed by atoms with Crippen LogP contribution in [-0.2, 0) is 4.79 Å². The van der Waals surface area contributed by atoms with Gasteiger partial charge in [0.15, 0.2) is 0 Å². The zero-order valence-electron chi connectivity index (χ0n) is 8.38. The van der Waals surface area contributed by atoms with Gasteiger partial charge >= 0.3 is 5.97 Å². The maximum absolute atomic E-state index is 10.6. The molecule has 1 rings (SSSR count). The third-order valence-electron chi connectivity index (χ3n) is 2.03. The number of nitroso groups, excluding NO2 is 1. The van der Waals surface area contributed by atoms with Gasteiger partial charge in [-0.05, 0) is 36.4 Å². The lowest BCUT2D eigenvalue weighted by molar-refractivity contribution is -0.135. The highest BCUT2D eigenvalue weighted by Crippen LogP contribution is 2.19. The normalized spacial score (nSPS) is 9.67. The van der Waals surface area contributed by atoms with Crippen LogP contribution in [0.25, 0.3) is 0 Å². The van der Waals surface area contributed by atoms with Crippen molar-refractivity contribution in [3.8, 4) is 0 Å². The number of anilines is 1. The molecule has 1 aromatic rings. The standard InChI is InChI=1S/C10H12N2O3/c1-2-12(7-10(13)14)9-5-3-8(11-15)4-6-9/h3-6H,2,7H2,1H3,(H,13,14). The van der Waals surface area contributed by atoms with Crippen LogP contribution in [0.5, 0.6) is 0 Å². The molecule has 0 aromatic heterocycles. The first kappa shape index (κ1) is 11.2. The van der Waals surface area contributed by atoms with E-state index in [4.69, 9.17) is 5.11 Å². The van der Waals surface area contributed by atoms with Gasteiger partial charge in [-0.2, -0.15) is 0 Å². The van der Waals surface area contributed by atoms with Gasteiger partial charge in [0.1, 0.15) is 12.2 Å². The summed E-state index contributed by atoms with van der Waals surface area (Å²) in [7, 11) is 0. The molecule has 80 valence electrons. The summed E-state index contributed by atoms with van der Waals surface area (Å²) in [4.78, 5) is 22.4. The quantitative estimate of drug-likeness (QED) is 0.751. The fraction of sp³-hybridized carbons (Fsp3) is 0.300. The van der Waals surface area contributed by atoms with Gasteiger partial charge in [0.05, 0.1) is 0 Å². The smallest absolute Gasteiger partial charge is 0.323 e. The summed E-state index contributed by atoms with van der Waals surface area (Å²) in [6.07, 6.45) is 0. The number of carboxylic acid groups (broad SMARTS) is 1. The molecule has 0 bridgehead atoms. The minimum Gasteiger partial charge on any atom is -0.480 e. The number of benzene rings is 1. The molecule has 1 aromatic carbocycles. The first-order valence-electron chi connectivity index (χ1n) is 4.57. The highest BCUT2D eigenvalue weighted by molar-refractivity contribution is 5.73. The Morgan fingerprint density at radius 1 is 1.40 bits per heavy atom. The summed E-state index contributed by atoms with van der Waals surface area (Å²) in [5.74, 6) is -0.880. The third-order valence-corrected chi connectivity index (χ3v) is 2.03. The van der Waals surface area contributed by atoms with Gasteiger partial charge in [0, 0.05) is 12.2 Å². The van der Waals surface area contributed by atoms with E-state index >= 15 is 0 Å². The van der Waals surface area contributed by atoms with Crippen LogP contribution >= 0.6 is 0 Å². The van der Waals surface area contributed by atoms with Crippen molar-refractivity contribution in [3.05, 3.63) is 29.2 Å². The van der Waals surface area contributed by atoms with Crippen molar-refractivity contribution in [1.29, 1.82) is 0 Å². The van der Waals surface area contributed by atoms with E-state index in [1.807, 2.05) is 6.92 Å². The topological polar surface area (TPSA) is 70.0 Å². The lowest BCUT2D eigenvalue weighted by Gasteiger charge is -2.20. The van der Waals surface area contributed by atoms with E-state index in [2.05, 4.69) is 5.18 Å². The molecular weight excluding hydrogens is 196 g/mol. The Hall–Kier alpha value is -1.91. The van der Waals surface area contributed by atoms with E-state index in [-0.39, 0.29) is 6.54 Å². The average Bonchev–Trinajstić information content (AvgIpc) is 2.26. The van der Waals surface area contributed by atoms with E-state index in [0.29, 0.717) is 12.2 Å². The zero-order chi connectivity index (χ0) is 11.3. The van der Waals surface area contributed by atoms with E-state index in [1.54, 1.807) is 29.2 Å². The molecule has 0 atom stereocenters. The summed E-state index contributed by atoms with van der Waals surface area (Å²) in [5, 5.41) is 11.4. The van der Waals surface area contributed by atoms with Crippen LogP contribution in [0.15, 0.2) is 29.4 Å². The number of carboxylic acids is 1. The van der Waals surface area contributed by atoms with Crippen LogP contribution in [-0.4, -0.2) is 24.2 Å². The molecule has 0 saturated heterocycles. The fourth-order valence-corrected chi connectivity index (χ4v) is 1.27. The summed E-state index contributed by atoms with van der Waals surface area (Å²) in [6, 6.07) is 6.49. The van der Waals surface area contributed by atoms with Crippen molar-refractivity contribution in [2.75, 3.05) is 18.0 Å². The van der Waals surface area contributed by atoms with Gasteiger partial charge in [-0.1, -0.05) is 0 Å². The number of carbonyl (C=O) groups is 1. The van der Waals surface area contributed by atoms with Crippen LogP contribution in [0.3, 0.4) is 0 Å². The molecule has 5 heteroatoms. The second-order valence-electron chi connectivity index (χ2n) is 3.02. The summed E-state index contributed by atoms with van der Waals surface area (Å²) >= 11 is 0. The van der Waals surface area contributed by atoms with Crippen LogP contribution in [0.2, 0.25) is 0 Å². The van der Waals surface area contributed by atoms with Crippen molar-refractivity contribution in [2.24, 2.45) is 5.18 Å². The Kier molecular flexibility index (Phi) is 3.79. The predicted octanol–water partition coefficient (Wildman–Crippen LogP) is 2.00. The average molecular weight is 208 g/mol. The number of hydrogen-bond donors (Lipinski definition) is 1. The molecule has 0 radical (unpaired) electrons. The molecule has 0 aliphatic carbocycles. The van der Waals surface area contributed by atoms with Crippen molar-refractivity contribution >= 4 is 17.3 Å². The highest BCUT2D eigenvalue weighted by Gasteiger charge is 2.08. The Bertz CT molecular complexity index is 348. The predicted molar refractivity (Wildman–Crippen MR) is 57.4 cm³/mol. The molecule has 0 aliphatic rings. The minimum absolute atomic E-state index is 0.0512. The molecule has 15 heavy (non-hydrogen) atoms. The largest absolute Gasteiger partial charge is 0.480 e. The number of nitrogens with zero attached hydrogens (tertiary/aromatic N) is 2. The Balaban J connectivity index is 2.82. The molecule has 1 N–H and O–H groups in total. The summed E-state index contributed by atoms with van der Waals surface area (Å²) in [5.41, 5.74) is 1.11. The molecule has 0 amide bonds. The fourth-order valence-electron chi connectivity index (χ4n) is 1.27. The number of hydrogen-bond acceptors (Lipinski definition) is 4. The second kappa shape index (κ2) is 5.09. The van der Waals surface area contributed by atoms with Crippen LogP contribution < -0.4 is 4.90 Å². The van der Waals surface area contributed by atoms with Crippen LogP contribution in [0, 0.1) is 4.91 Å². The van der Waals surface area contributed by atoms with E-state index in [9.17, 15) is 9.70 Å². The number of rotatable bonds is 5. The summed E-state index contributed by atoms with van der Waals surface area (Å²) in [6.45, 7) is 2.42. The molecular formula is C10H12N2O3. The number of likely N-dealkylation sites (N-methyl/N-ethyl adjacent to an activating group) is 1. The van der Waals surface area contributed by atoms with Gasteiger partial charge in [0.25, 0.3) is 0 Å². The lowest BCUT2D eigenvalue weighted by Crippen LogP contribution is -2.29. The van der Waals surface area contributed by atoms with Crippen molar-refractivity contribution in [2.45, 2.75) is 6.92 Å². The van der Waals surface area contributed by atoms with Gasteiger partial charge < -0.3 is 10.0 Å². The molecule has 0 fully saturated rings. The van der Waals surface area contributed by atoms with Gasteiger partial charge in [0.2, 0.25) is 0 Å². The minimum atomic E-state index is -0.880. The van der Waals surface area contributed by atoms with E-state index in [0.717, 1.165) is 5.69 Å². The molecule has 0 aliphatic heterocycles. The van der Waals surface area contributed by atoms with Gasteiger partial charge in [-0.3, -0.25) is 4.79 Å². The first-order valence-corrected chi connectivity index (χ1v) is 4.57. The molecule has 0 saturated carbocycles. The zero-order valence-corrected chi connectivity index (χ0v) is 8.38. The van der Waals surface area contributed by atoms with E-state index in [1.165, 1.54) is 0 Å². The Morgan fingerprint density at radius 2 is 2.00 bits per heavy atom. The molecule has 5 nitrogen and oxygen atoms in total. The van der Waals surface area contributed by atoms with Crippen LogP contribution in [0.1, 0.15) is 6.92 Å². The van der Waals surface area contributed by atoms with Crippen molar-refractivity contribution in [3.63, 3.8) is 0 Å². The van der Waals surface area contributed by atoms with Crippen molar-refractivity contribution < 1.29 is 9.90 Å². The van der Waals surface area contributed by atoms with E-state index < -0.39 is 5.97 Å². The van der Waals surface area contributed by atoms with Crippen LogP contribution in [0.4, 0.5) is 11.4 Å². The third kappa shape index (κ3) is 3.05. The maximum Gasteiger partial charge on any atom is 0.323 e. The molecule has 0 spiro atoms. The lowest BCUT2D eigenvalue weighted by atomic mass is 10.2. The monoisotopic (exact) mass is 208 g/mol. The highest BCUT2D eigenvalue weighted by atomic mass is 16.4. The molecule has 0 heterocycles. The van der Waals surface area contributed by atoms with Crippen molar-refractivity contribution in [1.82, 2.24) is 0 Å². The second-order valence-corrected chi connectivity index (χ2v) is 3.02. The summed E-state index contributed by atoms with van der Waals surface area (Å²) < 4.78 is 0. The Morgan fingerprint density at radius 3 is 2.40 bits per heavy atom. The number of aliphatic carboxylic acids is 1. The SMILES string of the molecule is CCN(CC(=O)O)c1ccc(N=O)cc1. The maximum atomic E-state index is 10.6. The van der Waals surface area contributed by atoms with Gasteiger partial charge in [-0.15, -0.1) is 4.91 Å².